The van der Waals surface area contributed by atoms with E-state index >= 15 is 0 Å². The maximum absolute atomic E-state index is 12.0. The monoisotopic (exact) mass is 358 g/mol. The quantitative estimate of drug-likeness (QED) is 0.572. The van der Waals surface area contributed by atoms with Crippen LogP contribution in [0.3, 0.4) is 0 Å². The molecule has 0 aliphatic carbocycles. The van der Waals surface area contributed by atoms with Crippen LogP contribution in [0.5, 0.6) is 0 Å². The third-order valence-electron chi connectivity index (χ3n) is 4.30. The summed E-state index contributed by atoms with van der Waals surface area (Å²) < 4.78 is 4.49. The van der Waals surface area contributed by atoms with Crippen LogP contribution in [0.2, 0.25) is 0 Å². The zero-order valence-corrected chi connectivity index (χ0v) is 15.2. The fraction of sp³-hybridized carbons (Fsp3) is 0.450. The van der Waals surface area contributed by atoms with Gasteiger partial charge >= 0.3 is 5.97 Å². The van der Waals surface area contributed by atoms with Crippen LogP contribution in [0.25, 0.3) is 6.08 Å². The molecule has 0 atom stereocenters. The Morgan fingerprint density at radius 2 is 2.00 bits per heavy atom. The van der Waals surface area contributed by atoms with Crippen LogP contribution in [-0.2, 0) is 14.3 Å². The van der Waals surface area contributed by atoms with Gasteiger partial charge in [0.05, 0.1) is 7.11 Å². The van der Waals surface area contributed by atoms with Gasteiger partial charge in [-0.05, 0) is 43.4 Å². The van der Waals surface area contributed by atoms with Gasteiger partial charge in [0, 0.05) is 25.1 Å². The molecule has 0 aromatic heterocycles. The summed E-state index contributed by atoms with van der Waals surface area (Å²) in [6, 6.07) is 7.16. The van der Waals surface area contributed by atoms with Gasteiger partial charge in [0.2, 0.25) is 5.91 Å². The summed E-state index contributed by atoms with van der Waals surface area (Å²) in [6.45, 7) is 1.65. The Labute approximate surface area is 154 Å². The second-order valence-corrected chi connectivity index (χ2v) is 6.27. The van der Waals surface area contributed by atoms with Crippen molar-refractivity contribution in [3.8, 4) is 0 Å². The molecule has 2 amide bonds. The second-order valence-electron chi connectivity index (χ2n) is 6.27. The molecule has 0 saturated carbocycles. The molecule has 26 heavy (non-hydrogen) atoms. The van der Waals surface area contributed by atoms with Gasteiger partial charge in [0.15, 0.2) is 0 Å². The summed E-state index contributed by atoms with van der Waals surface area (Å²) in [5, 5.41) is 2.51. The summed E-state index contributed by atoms with van der Waals surface area (Å²) in [6.07, 6.45) is 8.42. The maximum Gasteiger partial charge on any atom is 0.325 e. The first-order valence-corrected chi connectivity index (χ1v) is 8.99. The molecule has 1 aliphatic rings. The lowest BCUT2D eigenvalue weighted by molar-refractivity contribution is -0.139. The molecule has 1 fully saturated rings. The molecule has 0 bridgehead atoms. The predicted molar refractivity (Wildman–Crippen MR) is 99.5 cm³/mol. The standard InChI is InChI=1S/C20H26N2O4/c1-26-19(24)15-21-20(25)17-10-7-9-16(14-17)8-3-2-4-11-18(23)22-12-5-6-13-22/h3,7-10,14H,2,4-6,11-13,15H2,1H3,(H,21,25)/b8-3-. The number of benzene rings is 1. The number of carbonyl (C=O) groups is 3. The van der Waals surface area contributed by atoms with Gasteiger partial charge in [-0.2, -0.15) is 0 Å². The van der Waals surface area contributed by atoms with Gasteiger partial charge in [-0.15, -0.1) is 0 Å². The number of amides is 2. The number of hydrogen-bond acceptors (Lipinski definition) is 4. The van der Waals surface area contributed by atoms with Crippen molar-refractivity contribution in [1.82, 2.24) is 10.2 Å². The van der Waals surface area contributed by atoms with Crippen molar-refractivity contribution < 1.29 is 19.1 Å². The molecule has 140 valence electrons. The number of unbranched alkanes of at least 4 members (excludes halogenated alkanes) is 1. The smallest absolute Gasteiger partial charge is 0.325 e. The van der Waals surface area contributed by atoms with Crippen LogP contribution in [0.4, 0.5) is 0 Å². The SMILES string of the molecule is COC(=O)CNC(=O)c1cccc(/C=C\CCCC(=O)N2CCCC2)c1. The van der Waals surface area contributed by atoms with E-state index in [1.807, 2.05) is 23.1 Å². The summed E-state index contributed by atoms with van der Waals surface area (Å²) in [5.41, 5.74) is 1.39. The predicted octanol–water partition coefficient (Wildman–Crippen LogP) is 2.40. The van der Waals surface area contributed by atoms with Crippen molar-refractivity contribution in [3.63, 3.8) is 0 Å². The molecule has 1 aromatic carbocycles. The first kappa shape index (κ1) is 19.7. The first-order chi connectivity index (χ1) is 12.6. The number of methoxy groups -OCH3 is 1. The molecule has 1 saturated heterocycles. The number of hydrogen-bond donors (Lipinski definition) is 1. The third kappa shape index (κ3) is 6.35. The van der Waals surface area contributed by atoms with Gasteiger partial charge in [0.1, 0.15) is 6.54 Å². The van der Waals surface area contributed by atoms with Crippen molar-refractivity contribution in [2.75, 3.05) is 26.7 Å². The highest BCUT2D eigenvalue weighted by molar-refractivity contribution is 5.96. The van der Waals surface area contributed by atoms with E-state index in [0.29, 0.717) is 12.0 Å². The Balaban J connectivity index is 1.76. The van der Waals surface area contributed by atoms with Crippen LogP contribution >= 0.6 is 0 Å². The summed E-state index contributed by atoms with van der Waals surface area (Å²) in [7, 11) is 1.28. The van der Waals surface area contributed by atoms with Crippen LogP contribution in [-0.4, -0.2) is 49.4 Å². The number of ether oxygens (including phenoxy) is 1. The average Bonchev–Trinajstić information content (AvgIpc) is 3.20. The molecule has 6 heteroatoms. The maximum atomic E-state index is 12.0. The highest BCUT2D eigenvalue weighted by Gasteiger charge is 2.16. The van der Waals surface area contributed by atoms with Crippen LogP contribution < -0.4 is 5.32 Å². The summed E-state index contributed by atoms with van der Waals surface area (Å²) >= 11 is 0. The van der Waals surface area contributed by atoms with Crippen LogP contribution in [0, 0.1) is 0 Å². The summed E-state index contributed by atoms with van der Waals surface area (Å²) in [4.78, 5) is 37.0. The average molecular weight is 358 g/mol. The van der Waals surface area contributed by atoms with Crippen molar-refractivity contribution in [2.24, 2.45) is 0 Å². The number of nitrogens with zero attached hydrogens (tertiary/aromatic N) is 1. The van der Waals surface area contributed by atoms with Crippen molar-refractivity contribution in [2.45, 2.75) is 32.1 Å². The Bertz CT molecular complexity index is 664. The van der Waals surface area contributed by atoms with E-state index in [0.717, 1.165) is 44.3 Å². The minimum atomic E-state index is -0.488. The fourth-order valence-corrected chi connectivity index (χ4v) is 2.83. The lowest BCUT2D eigenvalue weighted by atomic mass is 10.1. The minimum Gasteiger partial charge on any atom is -0.468 e. The third-order valence-corrected chi connectivity index (χ3v) is 4.30. The molecule has 0 spiro atoms. The van der Waals surface area contributed by atoms with E-state index in [1.165, 1.54) is 7.11 Å². The zero-order chi connectivity index (χ0) is 18.8. The first-order valence-electron chi connectivity index (χ1n) is 8.99. The van der Waals surface area contributed by atoms with Crippen molar-refractivity contribution in [3.05, 3.63) is 41.5 Å². The molecule has 0 unspecified atom stereocenters. The molecular weight excluding hydrogens is 332 g/mol. The van der Waals surface area contributed by atoms with Crippen molar-refractivity contribution >= 4 is 23.9 Å². The van der Waals surface area contributed by atoms with E-state index in [4.69, 9.17) is 0 Å². The zero-order valence-electron chi connectivity index (χ0n) is 15.2. The lowest BCUT2D eigenvalue weighted by Gasteiger charge is -2.14. The van der Waals surface area contributed by atoms with E-state index < -0.39 is 5.97 Å². The Kier molecular flexibility index (Phi) is 7.86. The molecule has 1 heterocycles. The second kappa shape index (κ2) is 10.4. The normalized spacial score (nSPS) is 13.8. The number of esters is 1. The summed E-state index contributed by atoms with van der Waals surface area (Å²) in [5.74, 6) is -0.556. The number of allylic oxidation sites excluding steroid dienone is 1. The minimum absolute atomic E-state index is 0.152. The molecule has 2 rings (SSSR count). The molecule has 0 radical (unpaired) electrons. The molecule has 1 aliphatic heterocycles. The number of rotatable bonds is 8. The Morgan fingerprint density at radius 3 is 2.73 bits per heavy atom. The number of nitrogens with one attached hydrogen (secondary N) is 1. The highest BCUT2D eigenvalue weighted by atomic mass is 16.5. The fourth-order valence-electron chi connectivity index (χ4n) is 2.83. The topological polar surface area (TPSA) is 75.7 Å². The highest BCUT2D eigenvalue weighted by Crippen LogP contribution is 2.12. The Morgan fingerprint density at radius 1 is 1.23 bits per heavy atom. The number of likely N-dealkylation sites (tertiary alicyclic amines) is 1. The van der Waals surface area contributed by atoms with E-state index in [9.17, 15) is 14.4 Å². The van der Waals surface area contributed by atoms with Gasteiger partial charge < -0.3 is 15.0 Å². The van der Waals surface area contributed by atoms with Crippen LogP contribution in [0.1, 0.15) is 48.0 Å². The largest absolute Gasteiger partial charge is 0.468 e. The van der Waals surface area contributed by atoms with E-state index in [-0.39, 0.29) is 18.4 Å². The molecule has 6 nitrogen and oxygen atoms in total. The van der Waals surface area contributed by atoms with Gasteiger partial charge in [0.25, 0.3) is 5.91 Å². The molecule has 1 aromatic rings. The van der Waals surface area contributed by atoms with Crippen LogP contribution in [0.15, 0.2) is 30.3 Å². The number of carbonyl (C=O) groups excluding carboxylic acids is 3. The molecule has 1 N–H and O–H groups in total. The van der Waals surface area contributed by atoms with E-state index in [2.05, 4.69) is 10.1 Å². The van der Waals surface area contributed by atoms with Gasteiger partial charge in [-0.1, -0.05) is 24.3 Å². The van der Waals surface area contributed by atoms with Gasteiger partial charge in [-0.25, -0.2) is 0 Å². The van der Waals surface area contributed by atoms with Crippen molar-refractivity contribution in [1.29, 1.82) is 0 Å². The van der Waals surface area contributed by atoms with E-state index in [1.54, 1.807) is 18.2 Å². The van der Waals surface area contributed by atoms with Gasteiger partial charge in [-0.3, -0.25) is 14.4 Å². The lowest BCUT2D eigenvalue weighted by Crippen LogP contribution is -2.30. The molecular formula is C20H26N2O4. The Hall–Kier alpha value is -2.63.